The van der Waals surface area contributed by atoms with Crippen LogP contribution in [0.25, 0.3) is 0 Å². The number of carbonyl (C=O) groups is 1. The fraction of sp³-hybridized carbons (Fsp3) is 0.944. The molecule has 3 heteroatoms. The maximum Gasteiger partial charge on any atom is 0.320 e. The van der Waals surface area contributed by atoms with Gasteiger partial charge in [0.05, 0.1) is 6.54 Å². The number of carbonyl (C=O) groups excluding carboxylic acids is 1. The van der Waals surface area contributed by atoms with Crippen LogP contribution in [0.3, 0.4) is 0 Å². The van der Waals surface area contributed by atoms with Crippen molar-refractivity contribution in [3.8, 4) is 0 Å². The SMILES string of the molecule is CC1(C)[C@H]2CC[C@@]1(C)[C@@H](OC(=O)CN1CCCCCC1)C2. The standard InChI is InChI=1S/C18H31NO2/c1-17(2)14-8-9-18(17,3)15(12-14)21-16(20)13-19-10-6-4-5-7-11-19/h14-15H,4-13H2,1-3H3/t14-,15-,18-/m0/s1. The molecule has 3 aliphatic rings. The van der Waals surface area contributed by atoms with Gasteiger partial charge in [0.15, 0.2) is 0 Å². The second-order valence-corrected chi connectivity index (χ2v) is 8.28. The largest absolute Gasteiger partial charge is 0.461 e. The van der Waals surface area contributed by atoms with Gasteiger partial charge in [-0.05, 0) is 56.5 Å². The van der Waals surface area contributed by atoms with Crippen molar-refractivity contribution >= 4 is 5.97 Å². The average Bonchev–Trinajstić information content (AvgIpc) is 2.69. The van der Waals surface area contributed by atoms with Crippen molar-refractivity contribution in [3.63, 3.8) is 0 Å². The van der Waals surface area contributed by atoms with Crippen LogP contribution in [0.2, 0.25) is 0 Å². The minimum Gasteiger partial charge on any atom is -0.461 e. The summed E-state index contributed by atoms with van der Waals surface area (Å²) in [6, 6.07) is 0. The van der Waals surface area contributed by atoms with Crippen molar-refractivity contribution in [1.29, 1.82) is 0 Å². The Morgan fingerprint density at radius 3 is 2.33 bits per heavy atom. The molecule has 3 nitrogen and oxygen atoms in total. The summed E-state index contributed by atoms with van der Waals surface area (Å²) in [6.07, 6.45) is 8.81. The van der Waals surface area contributed by atoms with Gasteiger partial charge in [0.25, 0.3) is 0 Å². The number of nitrogens with zero attached hydrogens (tertiary/aromatic N) is 1. The number of ether oxygens (including phenoxy) is 1. The van der Waals surface area contributed by atoms with Gasteiger partial charge in [-0.25, -0.2) is 0 Å². The number of fused-ring (bicyclic) bond motifs is 2. The quantitative estimate of drug-likeness (QED) is 0.744. The molecule has 2 aliphatic carbocycles. The Kier molecular flexibility index (Phi) is 4.06. The van der Waals surface area contributed by atoms with E-state index in [2.05, 4.69) is 25.7 Å². The molecular weight excluding hydrogens is 262 g/mol. The lowest BCUT2D eigenvalue weighted by atomic mass is 9.70. The highest BCUT2D eigenvalue weighted by molar-refractivity contribution is 5.72. The summed E-state index contributed by atoms with van der Waals surface area (Å²) in [6.45, 7) is 9.69. The van der Waals surface area contributed by atoms with E-state index in [-0.39, 0.29) is 17.5 Å². The van der Waals surface area contributed by atoms with E-state index in [4.69, 9.17) is 4.74 Å². The molecule has 21 heavy (non-hydrogen) atoms. The van der Waals surface area contributed by atoms with E-state index in [0.29, 0.717) is 12.0 Å². The predicted octanol–water partition coefficient (Wildman–Crippen LogP) is 3.62. The molecule has 120 valence electrons. The lowest BCUT2D eigenvalue weighted by molar-refractivity contribution is -0.158. The van der Waals surface area contributed by atoms with Gasteiger partial charge < -0.3 is 4.74 Å². The summed E-state index contributed by atoms with van der Waals surface area (Å²) in [5.41, 5.74) is 0.507. The van der Waals surface area contributed by atoms with E-state index >= 15 is 0 Å². The smallest absolute Gasteiger partial charge is 0.320 e. The van der Waals surface area contributed by atoms with Gasteiger partial charge in [-0.3, -0.25) is 9.69 Å². The monoisotopic (exact) mass is 293 g/mol. The third-order valence-electron chi connectivity index (χ3n) is 7.04. The molecule has 3 fully saturated rings. The maximum atomic E-state index is 12.3. The molecule has 0 unspecified atom stereocenters. The Hall–Kier alpha value is -0.570. The number of hydrogen-bond donors (Lipinski definition) is 0. The molecule has 0 radical (unpaired) electrons. The molecule has 0 aromatic heterocycles. The zero-order valence-electron chi connectivity index (χ0n) is 14.0. The first kappa shape index (κ1) is 15.3. The molecule has 2 bridgehead atoms. The third-order valence-corrected chi connectivity index (χ3v) is 7.04. The normalized spacial score (nSPS) is 39.2. The van der Waals surface area contributed by atoms with Gasteiger partial charge in [0, 0.05) is 5.41 Å². The van der Waals surface area contributed by atoms with Crippen molar-refractivity contribution in [1.82, 2.24) is 4.90 Å². The molecule has 1 aliphatic heterocycles. The number of hydrogen-bond acceptors (Lipinski definition) is 3. The number of likely N-dealkylation sites (tertiary alicyclic amines) is 1. The number of rotatable bonds is 3. The Balaban J connectivity index is 1.56. The van der Waals surface area contributed by atoms with Gasteiger partial charge in [-0.15, -0.1) is 0 Å². The molecule has 0 N–H and O–H groups in total. The van der Waals surface area contributed by atoms with E-state index in [9.17, 15) is 4.79 Å². The first-order valence-corrected chi connectivity index (χ1v) is 8.85. The Labute approximate surface area is 129 Å². The van der Waals surface area contributed by atoms with Gasteiger partial charge in [0.1, 0.15) is 6.10 Å². The minimum atomic E-state index is 0.00600. The fourth-order valence-electron chi connectivity index (χ4n) is 4.98. The van der Waals surface area contributed by atoms with Gasteiger partial charge in [-0.1, -0.05) is 33.6 Å². The van der Waals surface area contributed by atoms with Crippen LogP contribution in [0, 0.1) is 16.7 Å². The molecule has 3 rings (SSSR count). The fourth-order valence-corrected chi connectivity index (χ4v) is 4.98. The first-order chi connectivity index (χ1) is 9.93. The van der Waals surface area contributed by atoms with Crippen LogP contribution in [-0.4, -0.2) is 36.6 Å². The van der Waals surface area contributed by atoms with E-state index < -0.39 is 0 Å². The van der Waals surface area contributed by atoms with Gasteiger partial charge >= 0.3 is 5.97 Å². The summed E-state index contributed by atoms with van der Waals surface area (Å²) in [5.74, 6) is 0.741. The van der Waals surface area contributed by atoms with E-state index in [1.54, 1.807) is 0 Å². The summed E-state index contributed by atoms with van der Waals surface area (Å²) >= 11 is 0. The van der Waals surface area contributed by atoms with Crippen LogP contribution in [0.5, 0.6) is 0 Å². The van der Waals surface area contributed by atoms with Crippen LogP contribution in [0.15, 0.2) is 0 Å². The predicted molar refractivity (Wildman–Crippen MR) is 84.0 cm³/mol. The molecule has 1 heterocycles. The van der Waals surface area contributed by atoms with Gasteiger partial charge in [-0.2, -0.15) is 0 Å². The van der Waals surface area contributed by atoms with Crippen molar-refractivity contribution in [3.05, 3.63) is 0 Å². The lowest BCUT2D eigenvalue weighted by Gasteiger charge is -2.38. The Morgan fingerprint density at radius 1 is 1.14 bits per heavy atom. The first-order valence-electron chi connectivity index (χ1n) is 8.85. The van der Waals surface area contributed by atoms with Crippen molar-refractivity contribution in [2.45, 2.75) is 71.8 Å². The van der Waals surface area contributed by atoms with Crippen LogP contribution in [-0.2, 0) is 9.53 Å². The highest BCUT2D eigenvalue weighted by Gasteiger charge is 2.62. The summed E-state index contributed by atoms with van der Waals surface area (Å²) in [7, 11) is 0. The summed E-state index contributed by atoms with van der Waals surface area (Å²) in [4.78, 5) is 14.6. The van der Waals surface area contributed by atoms with Crippen molar-refractivity contribution in [2.24, 2.45) is 16.7 Å². The van der Waals surface area contributed by atoms with E-state index in [1.807, 2.05) is 0 Å². The minimum absolute atomic E-state index is 0.00600. The molecule has 3 atom stereocenters. The molecular formula is C18H31NO2. The average molecular weight is 293 g/mol. The summed E-state index contributed by atoms with van der Waals surface area (Å²) < 4.78 is 5.95. The Morgan fingerprint density at radius 2 is 1.81 bits per heavy atom. The highest BCUT2D eigenvalue weighted by atomic mass is 16.5. The molecule has 0 aromatic carbocycles. The third kappa shape index (κ3) is 2.62. The van der Waals surface area contributed by atoms with Gasteiger partial charge in [0.2, 0.25) is 0 Å². The zero-order chi connectivity index (χ0) is 15.1. The van der Waals surface area contributed by atoms with Crippen LogP contribution in [0.4, 0.5) is 0 Å². The second-order valence-electron chi connectivity index (χ2n) is 8.28. The Bertz CT molecular complexity index is 398. The van der Waals surface area contributed by atoms with Crippen LogP contribution < -0.4 is 0 Å². The van der Waals surface area contributed by atoms with E-state index in [0.717, 1.165) is 25.4 Å². The zero-order valence-corrected chi connectivity index (χ0v) is 14.0. The van der Waals surface area contributed by atoms with Crippen molar-refractivity contribution < 1.29 is 9.53 Å². The van der Waals surface area contributed by atoms with E-state index in [1.165, 1.54) is 38.5 Å². The van der Waals surface area contributed by atoms with Crippen LogP contribution in [0.1, 0.15) is 65.7 Å². The maximum absolute atomic E-state index is 12.3. The van der Waals surface area contributed by atoms with Crippen LogP contribution >= 0.6 is 0 Å². The molecule has 2 saturated carbocycles. The van der Waals surface area contributed by atoms with Crippen molar-refractivity contribution in [2.75, 3.05) is 19.6 Å². The molecule has 1 saturated heterocycles. The number of esters is 1. The molecule has 0 amide bonds. The second kappa shape index (κ2) is 5.57. The molecule has 0 aromatic rings. The topological polar surface area (TPSA) is 29.5 Å². The molecule has 0 spiro atoms. The summed E-state index contributed by atoms with van der Waals surface area (Å²) in [5, 5.41) is 0. The highest BCUT2D eigenvalue weighted by Crippen LogP contribution is 2.66. The lowest BCUT2D eigenvalue weighted by Crippen LogP contribution is -2.40.